The average molecular weight is 471 g/mol. The minimum Gasteiger partial charge on any atom is -0.423 e. The van der Waals surface area contributed by atoms with Gasteiger partial charge in [-0.15, -0.1) is 0 Å². The summed E-state index contributed by atoms with van der Waals surface area (Å²) in [5.74, 6) is 0.510. The summed E-state index contributed by atoms with van der Waals surface area (Å²) >= 11 is 1.50. The van der Waals surface area contributed by atoms with Gasteiger partial charge in [-0.1, -0.05) is 80.4 Å². The van der Waals surface area contributed by atoms with Crippen LogP contribution in [0.15, 0.2) is 85.9 Å². The maximum atomic E-state index is 13.3. The zero-order chi connectivity index (χ0) is 23.5. The Hall–Kier alpha value is -3.38. The fourth-order valence-electron chi connectivity index (χ4n) is 4.43. The minimum atomic E-state index is -0.373. The maximum absolute atomic E-state index is 13.3. The number of aromatic nitrogens is 2. The molecule has 172 valence electrons. The van der Waals surface area contributed by atoms with Crippen LogP contribution in [0, 0.1) is 0 Å². The number of unbranched alkanes of at least 4 members (excludes halogenated alkanes) is 3. The van der Waals surface area contributed by atoms with E-state index >= 15 is 0 Å². The van der Waals surface area contributed by atoms with Gasteiger partial charge in [-0.3, -0.25) is 9.36 Å². The molecule has 0 aliphatic rings. The summed E-state index contributed by atoms with van der Waals surface area (Å²) in [7, 11) is 0. The van der Waals surface area contributed by atoms with Crippen LogP contribution in [0.3, 0.4) is 0 Å². The van der Waals surface area contributed by atoms with Crippen LogP contribution >= 0.6 is 11.8 Å². The molecule has 0 bridgehead atoms. The monoisotopic (exact) mass is 470 g/mol. The van der Waals surface area contributed by atoms with Crippen molar-refractivity contribution in [3.63, 3.8) is 0 Å². The van der Waals surface area contributed by atoms with Gasteiger partial charge >= 0.3 is 5.63 Å². The third-order valence-corrected chi connectivity index (χ3v) is 7.16. The van der Waals surface area contributed by atoms with Crippen molar-refractivity contribution in [3.8, 4) is 0 Å². The molecule has 2 heterocycles. The molecule has 0 aliphatic heterocycles. The number of para-hydroxylation sites is 1. The summed E-state index contributed by atoms with van der Waals surface area (Å²) in [6, 6.07) is 21.0. The Morgan fingerprint density at radius 1 is 0.912 bits per heavy atom. The van der Waals surface area contributed by atoms with E-state index in [0.717, 1.165) is 47.4 Å². The van der Waals surface area contributed by atoms with E-state index in [0.29, 0.717) is 33.9 Å². The molecule has 5 rings (SSSR count). The standard InChI is InChI=1S/C28H26N2O3S/c1-2-3-4-9-16-30-27(32)22-12-7-8-13-23(22)29-28(30)34-18-20-17-25(31)33-24-15-14-19-10-5-6-11-21(19)26(20)24/h5-8,10-15,17H,2-4,9,16,18H2,1H3. The predicted octanol–water partition coefficient (Wildman–Crippen LogP) is 6.53. The van der Waals surface area contributed by atoms with Gasteiger partial charge in [-0.2, -0.15) is 0 Å². The van der Waals surface area contributed by atoms with Crippen molar-refractivity contribution < 1.29 is 4.42 Å². The lowest BCUT2D eigenvalue weighted by Gasteiger charge is -2.14. The molecule has 0 saturated carbocycles. The van der Waals surface area contributed by atoms with Crippen LogP contribution in [0.2, 0.25) is 0 Å². The molecule has 0 spiro atoms. The smallest absolute Gasteiger partial charge is 0.336 e. The van der Waals surface area contributed by atoms with E-state index < -0.39 is 0 Å². The highest BCUT2D eigenvalue weighted by Gasteiger charge is 2.14. The first-order chi connectivity index (χ1) is 16.7. The lowest BCUT2D eigenvalue weighted by atomic mass is 10.0. The third-order valence-electron chi connectivity index (χ3n) is 6.13. The molecular weight excluding hydrogens is 444 g/mol. The van der Waals surface area contributed by atoms with Gasteiger partial charge in [0, 0.05) is 23.8 Å². The van der Waals surface area contributed by atoms with Crippen molar-refractivity contribution in [1.82, 2.24) is 9.55 Å². The van der Waals surface area contributed by atoms with Crippen LogP contribution in [0.4, 0.5) is 0 Å². The topological polar surface area (TPSA) is 65.1 Å². The van der Waals surface area contributed by atoms with Crippen molar-refractivity contribution in [3.05, 3.63) is 93.1 Å². The van der Waals surface area contributed by atoms with Gasteiger partial charge in [0.05, 0.1) is 10.9 Å². The van der Waals surface area contributed by atoms with Crippen molar-refractivity contribution >= 4 is 44.4 Å². The molecule has 0 N–H and O–H groups in total. The number of rotatable bonds is 8. The van der Waals surface area contributed by atoms with E-state index in [2.05, 4.69) is 13.0 Å². The second-order valence-corrected chi connectivity index (χ2v) is 9.41. The molecule has 0 amide bonds. The van der Waals surface area contributed by atoms with Gasteiger partial charge in [0.15, 0.2) is 5.16 Å². The van der Waals surface area contributed by atoms with Gasteiger partial charge < -0.3 is 4.42 Å². The van der Waals surface area contributed by atoms with Crippen LogP contribution < -0.4 is 11.2 Å². The van der Waals surface area contributed by atoms with E-state index in [1.807, 2.05) is 54.6 Å². The fraction of sp³-hybridized carbons (Fsp3) is 0.250. The number of nitrogens with zero attached hydrogens (tertiary/aromatic N) is 2. The van der Waals surface area contributed by atoms with Crippen LogP contribution in [-0.4, -0.2) is 9.55 Å². The Balaban J connectivity index is 1.57. The molecule has 0 aliphatic carbocycles. The second kappa shape index (κ2) is 9.85. The van der Waals surface area contributed by atoms with E-state index in [1.54, 1.807) is 10.6 Å². The normalized spacial score (nSPS) is 11.6. The zero-order valence-electron chi connectivity index (χ0n) is 19.1. The largest absolute Gasteiger partial charge is 0.423 e. The lowest BCUT2D eigenvalue weighted by Crippen LogP contribution is -2.23. The first kappa shape index (κ1) is 22.4. The average Bonchev–Trinajstić information content (AvgIpc) is 2.86. The highest BCUT2D eigenvalue weighted by Crippen LogP contribution is 2.31. The molecule has 0 unspecified atom stereocenters. The number of fused-ring (bicyclic) bond motifs is 4. The molecule has 0 radical (unpaired) electrons. The molecule has 0 saturated heterocycles. The Morgan fingerprint density at radius 3 is 2.56 bits per heavy atom. The Bertz CT molecular complexity index is 1600. The second-order valence-electron chi connectivity index (χ2n) is 8.47. The summed E-state index contributed by atoms with van der Waals surface area (Å²) in [5, 5.41) is 4.39. The fourth-order valence-corrected chi connectivity index (χ4v) is 5.43. The number of hydrogen-bond acceptors (Lipinski definition) is 5. The van der Waals surface area contributed by atoms with Gasteiger partial charge in [-0.05, 0) is 41.0 Å². The molecule has 3 aromatic carbocycles. The summed E-state index contributed by atoms with van der Waals surface area (Å²) in [4.78, 5) is 30.5. The Labute approximate surface area is 201 Å². The van der Waals surface area contributed by atoms with Gasteiger partial charge in [0.1, 0.15) is 5.58 Å². The molecular formula is C28H26N2O3S. The molecule has 5 aromatic rings. The SMILES string of the molecule is CCCCCCn1c(SCc2cc(=O)oc3ccc4ccccc4c23)nc2ccccc2c1=O. The van der Waals surface area contributed by atoms with E-state index in [-0.39, 0.29) is 11.2 Å². The van der Waals surface area contributed by atoms with E-state index in [4.69, 9.17) is 9.40 Å². The third kappa shape index (κ3) is 4.38. The maximum Gasteiger partial charge on any atom is 0.336 e. The Morgan fingerprint density at radius 2 is 1.71 bits per heavy atom. The number of benzene rings is 3. The summed E-state index contributed by atoms with van der Waals surface area (Å²) in [6.45, 7) is 2.81. The summed E-state index contributed by atoms with van der Waals surface area (Å²) in [6.07, 6.45) is 4.31. The minimum absolute atomic E-state index is 0.00696. The molecule has 6 heteroatoms. The number of hydrogen-bond donors (Lipinski definition) is 0. The summed E-state index contributed by atoms with van der Waals surface area (Å²) in [5.41, 5.74) is 1.77. The van der Waals surface area contributed by atoms with Crippen molar-refractivity contribution in [2.75, 3.05) is 0 Å². The predicted molar refractivity (Wildman–Crippen MR) is 140 cm³/mol. The van der Waals surface area contributed by atoms with E-state index in [1.165, 1.54) is 11.8 Å². The van der Waals surface area contributed by atoms with E-state index in [9.17, 15) is 9.59 Å². The van der Waals surface area contributed by atoms with Gasteiger partial charge in [0.25, 0.3) is 5.56 Å². The zero-order valence-corrected chi connectivity index (χ0v) is 19.9. The molecule has 2 aromatic heterocycles. The quantitative estimate of drug-likeness (QED) is 0.0848. The highest BCUT2D eigenvalue weighted by atomic mass is 32.2. The first-order valence-electron chi connectivity index (χ1n) is 11.7. The highest BCUT2D eigenvalue weighted by molar-refractivity contribution is 7.98. The molecule has 0 fully saturated rings. The van der Waals surface area contributed by atoms with Crippen molar-refractivity contribution in [2.45, 2.75) is 50.1 Å². The Kier molecular flexibility index (Phi) is 6.50. The van der Waals surface area contributed by atoms with Crippen LogP contribution in [0.1, 0.15) is 38.2 Å². The van der Waals surface area contributed by atoms with Gasteiger partial charge in [-0.25, -0.2) is 9.78 Å². The molecule has 34 heavy (non-hydrogen) atoms. The van der Waals surface area contributed by atoms with Crippen molar-refractivity contribution in [2.24, 2.45) is 0 Å². The summed E-state index contributed by atoms with van der Waals surface area (Å²) < 4.78 is 7.30. The molecule has 0 atom stereocenters. The van der Waals surface area contributed by atoms with Crippen molar-refractivity contribution in [1.29, 1.82) is 0 Å². The van der Waals surface area contributed by atoms with Crippen LogP contribution in [-0.2, 0) is 12.3 Å². The molecule has 5 nitrogen and oxygen atoms in total. The first-order valence-corrected chi connectivity index (χ1v) is 12.7. The lowest BCUT2D eigenvalue weighted by molar-refractivity contribution is 0.531. The van der Waals surface area contributed by atoms with Gasteiger partial charge in [0.2, 0.25) is 0 Å². The number of thioether (sulfide) groups is 1. The van der Waals surface area contributed by atoms with Crippen LogP contribution in [0.5, 0.6) is 0 Å². The van der Waals surface area contributed by atoms with Crippen LogP contribution in [0.25, 0.3) is 32.6 Å².